The Morgan fingerprint density at radius 3 is 1.83 bits per heavy atom. The van der Waals surface area contributed by atoms with Gasteiger partial charge in [0.15, 0.2) is 0 Å². The van der Waals surface area contributed by atoms with Crippen molar-refractivity contribution in [1.29, 1.82) is 0 Å². The van der Waals surface area contributed by atoms with E-state index in [1.54, 1.807) is 24.3 Å². The van der Waals surface area contributed by atoms with Crippen LogP contribution >= 0.6 is 0 Å². The van der Waals surface area contributed by atoms with E-state index in [1.807, 2.05) is 20.8 Å². The van der Waals surface area contributed by atoms with E-state index >= 15 is 0 Å². The molecule has 100 valence electrons. The Kier molecular flexibility index (Phi) is 3.81. The number of hydrogen-bond acceptors (Lipinski definition) is 2. The summed E-state index contributed by atoms with van der Waals surface area (Å²) in [6.07, 6.45) is -2.35. The summed E-state index contributed by atoms with van der Waals surface area (Å²) in [4.78, 5) is 10.6. The van der Waals surface area contributed by atoms with Crippen molar-refractivity contribution in [3.8, 4) is 0 Å². The van der Waals surface area contributed by atoms with Crippen molar-refractivity contribution in [3.63, 3.8) is 0 Å². The molecule has 4 heteroatoms. The third kappa shape index (κ3) is 2.88. The fourth-order valence-corrected chi connectivity index (χ4v) is 1.69. The van der Waals surface area contributed by atoms with Gasteiger partial charge in [-0.05, 0) is 23.5 Å². The molecule has 0 aliphatic carbocycles. The van der Waals surface area contributed by atoms with E-state index in [1.165, 1.54) is 0 Å². The molecule has 2 unspecified atom stereocenters. The van der Waals surface area contributed by atoms with Gasteiger partial charge in [0.2, 0.25) is 6.17 Å². The maximum absolute atomic E-state index is 13.5. The van der Waals surface area contributed by atoms with Gasteiger partial charge in [-0.15, -0.1) is 0 Å². The number of benzene rings is 1. The van der Waals surface area contributed by atoms with Gasteiger partial charge >= 0.3 is 5.97 Å². The number of alkyl halides is 1. The summed E-state index contributed by atoms with van der Waals surface area (Å²) in [5.74, 6) is -1.67. The average molecular weight is 254 g/mol. The van der Waals surface area contributed by atoms with Crippen LogP contribution in [0.5, 0.6) is 0 Å². The number of hydrogen-bond donors (Lipinski definition) is 2. The molecule has 2 atom stereocenters. The molecule has 2 N–H and O–H groups in total. The minimum absolute atomic E-state index is 0.0493. The summed E-state index contributed by atoms with van der Waals surface area (Å²) in [6, 6.07) is 6.68. The molecule has 1 aromatic rings. The molecule has 0 heterocycles. The van der Waals surface area contributed by atoms with Gasteiger partial charge in [0.1, 0.15) is 5.60 Å². The van der Waals surface area contributed by atoms with Crippen molar-refractivity contribution in [3.05, 3.63) is 35.4 Å². The number of halogens is 1. The molecule has 0 amide bonds. The largest absolute Gasteiger partial charge is 0.479 e. The zero-order valence-electron chi connectivity index (χ0n) is 11.1. The molecule has 0 saturated heterocycles. The highest BCUT2D eigenvalue weighted by atomic mass is 19.1. The molecule has 3 nitrogen and oxygen atoms in total. The maximum Gasteiger partial charge on any atom is 0.341 e. The van der Waals surface area contributed by atoms with Gasteiger partial charge in [0, 0.05) is 0 Å². The second kappa shape index (κ2) is 4.69. The van der Waals surface area contributed by atoms with Crippen LogP contribution in [0.1, 0.15) is 38.8 Å². The molecule has 0 aliphatic rings. The van der Waals surface area contributed by atoms with Gasteiger partial charge in [-0.3, -0.25) is 0 Å². The molecule has 0 spiro atoms. The lowest BCUT2D eigenvalue weighted by Gasteiger charge is -2.26. The molecular weight excluding hydrogens is 235 g/mol. The zero-order valence-corrected chi connectivity index (χ0v) is 11.1. The first-order valence-corrected chi connectivity index (χ1v) is 5.77. The molecular formula is C14H19FO3. The minimum Gasteiger partial charge on any atom is -0.479 e. The Bertz CT molecular complexity index is 429. The molecule has 0 radical (unpaired) electrons. The topological polar surface area (TPSA) is 57.5 Å². The molecule has 0 aromatic heterocycles. The average Bonchev–Trinajstić information content (AvgIpc) is 2.26. The Balaban J connectivity index is 3.08. The summed E-state index contributed by atoms with van der Waals surface area (Å²) in [7, 11) is 0. The van der Waals surface area contributed by atoms with Crippen LogP contribution < -0.4 is 0 Å². The Morgan fingerprint density at radius 1 is 1.11 bits per heavy atom. The summed E-state index contributed by atoms with van der Waals surface area (Å²) in [5, 5.41) is 18.6. The van der Waals surface area contributed by atoms with Gasteiger partial charge in [0.05, 0.1) is 0 Å². The van der Waals surface area contributed by atoms with E-state index in [2.05, 4.69) is 0 Å². The van der Waals surface area contributed by atoms with Crippen molar-refractivity contribution in [2.24, 2.45) is 0 Å². The molecule has 0 bridgehead atoms. The monoisotopic (exact) mass is 254 g/mol. The van der Waals surface area contributed by atoms with E-state index in [4.69, 9.17) is 5.11 Å². The van der Waals surface area contributed by atoms with Gasteiger partial charge < -0.3 is 10.2 Å². The van der Waals surface area contributed by atoms with E-state index in [9.17, 15) is 14.3 Å². The lowest BCUT2D eigenvalue weighted by atomic mass is 9.84. The summed E-state index contributed by atoms with van der Waals surface area (Å²) in [5.41, 5.74) is -0.785. The van der Waals surface area contributed by atoms with E-state index in [0.29, 0.717) is 0 Å². The van der Waals surface area contributed by atoms with Crippen molar-refractivity contribution in [2.75, 3.05) is 0 Å². The number of aliphatic carboxylic acids is 1. The van der Waals surface area contributed by atoms with Gasteiger partial charge in [0.25, 0.3) is 0 Å². The summed E-state index contributed by atoms with van der Waals surface area (Å²) < 4.78 is 13.5. The van der Waals surface area contributed by atoms with Crippen LogP contribution in [-0.4, -0.2) is 22.4 Å². The quantitative estimate of drug-likeness (QED) is 0.871. The maximum atomic E-state index is 13.5. The van der Waals surface area contributed by atoms with Crippen LogP contribution in [0.3, 0.4) is 0 Å². The minimum atomic E-state index is -2.35. The molecule has 0 aliphatic heterocycles. The highest BCUT2D eigenvalue weighted by Gasteiger charge is 2.39. The van der Waals surface area contributed by atoms with Crippen LogP contribution in [0.25, 0.3) is 0 Å². The van der Waals surface area contributed by atoms with Crippen LogP contribution in [0, 0.1) is 0 Å². The second-order valence-corrected chi connectivity index (χ2v) is 5.68. The first-order valence-electron chi connectivity index (χ1n) is 5.77. The molecule has 0 saturated carbocycles. The first kappa shape index (κ1) is 14.6. The summed E-state index contributed by atoms with van der Waals surface area (Å²) in [6.45, 7) is 7.28. The third-order valence-corrected chi connectivity index (χ3v) is 3.05. The smallest absolute Gasteiger partial charge is 0.341 e. The number of carboxylic acid groups (broad SMARTS) is 1. The SMILES string of the molecule is CC(C)(C)c1ccc(C(C)(O)C(F)C(=O)O)cc1. The lowest BCUT2D eigenvalue weighted by Crippen LogP contribution is -2.39. The molecule has 1 rings (SSSR count). The fourth-order valence-electron chi connectivity index (χ4n) is 1.69. The van der Waals surface area contributed by atoms with Crippen LogP contribution in [0.15, 0.2) is 24.3 Å². The Hall–Kier alpha value is -1.42. The van der Waals surface area contributed by atoms with E-state index < -0.39 is 17.7 Å². The third-order valence-electron chi connectivity index (χ3n) is 3.05. The first-order chi connectivity index (χ1) is 8.06. The van der Waals surface area contributed by atoms with Gasteiger partial charge in [-0.25, -0.2) is 9.18 Å². The second-order valence-electron chi connectivity index (χ2n) is 5.68. The molecule has 0 fully saturated rings. The summed E-state index contributed by atoms with van der Waals surface area (Å²) >= 11 is 0. The van der Waals surface area contributed by atoms with Crippen LogP contribution in [0.4, 0.5) is 4.39 Å². The lowest BCUT2D eigenvalue weighted by molar-refractivity contribution is -0.153. The highest BCUT2D eigenvalue weighted by molar-refractivity contribution is 5.74. The number of rotatable bonds is 3. The van der Waals surface area contributed by atoms with E-state index in [0.717, 1.165) is 12.5 Å². The number of aliphatic hydroxyl groups is 1. The van der Waals surface area contributed by atoms with Crippen molar-refractivity contribution in [1.82, 2.24) is 0 Å². The van der Waals surface area contributed by atoms with Crippen molar-refractivity contribution >= 4 is 5.97 Å². The standard InChI is InChI=1S/C14H19FO3/c1-13(2,3)9-5-7-10(8-6-9)14(4,18)11(15)12(16)17/h5-8,11,18H,1-4H3,(H,16,17). The predicted octanol–water partition coefficient (Wildman–Crippen LogP) is 2.61. The highest BCUT2D eigenvalue weighted by Crippen LogP contribution is 2.29. The van der Waals surface area contributed by atoms with Crippen LogP contribution in [0.2, 0.25) is 0 Å². The Morgan fingerprint density at radius 2 is 1.50 bits per heavy atom. The van der Waals surface area contributed by atoms with Crippen molar-refractivity contribution < 1.29 is 19.4 Å². The van der Waals surface area contributed by atoms with Crippen molar-refractivity contribution in [2.45, 2.75) is 44.9 Å². The Labute approximate surface area is 106 Å². The number of carbonyl (C=O) groups is 1. The molecule has 1 aromatic carbocycles. The predicted molar refractivity (Wildman–Crippen MR) is 67.2 cm³/mol. The fraction of sp³-hybridized carbons (Fsp3) is 0.500. The zero-order chi connectivity index (χ0) is 14.1. The normalized spacial score (nSPS) is 17.0. The van der Waals surface area contributed by atoms with Gasteiger partial charge in [-0.1, -0.05) is 45.0 Å². The van der Waals surface area contributed by atoms with Crippen LogP contribution in [-0.2, 0) is 15.8 Å². The van der Waals surface area contributed by atoms with E-state index in [-0.39, 0.29) is 11.0 Å². The number of carboxylic acids is 1. The van der Waals surface area contributed by atoms with Gasteiger partial charge in [-0.2, -0.15) is 0 Å². The molecule has 18 heavy (non-hydrogen) atoms.